The van der Waals surface area contributed by atoms with Crippen molar-refractivity contribution >= 4 is 34.5 Å². The molecule has 9 heteroatoms. The van der Waals surface area contributed by atoms with Crippen LogP contribution in [0.3, 0.4) is 0 Å². The molecule has 0 spiro atoms. The van der Waals surface area contributed by atoms with Crippen molar-refractivity contribution in [3.8, 4) is 0 Å². The van der Waals surface area contributed by atoms with Crippen LogP contribution in [0.1, 0.15) is 52.0 Å². The molecule has 0 aromatic heterocycles. The number of esters is 1. The Labute approximate surface area is 224 Å². The zero-order chi connectivity index (χ0) is 27.7. The van der Waals surface area contributed by atoms with E-state index >= 15 is 0 Å². The quantitative estimate of drug-likeness (QED) is 0.365. The molecular formula is C29H40N4O5. The average molecular weight is 525 g/mol. The van der Waals surface area contributed by atoms with Gasteiger partial charge in [0.1, 0.15) is 18.2 Å². The average Bonchev–Trinajstić information content (AvgIpc) is 3.41. The number of nitrogens with zero attached hydrogens (tertiary/aromatic N) is 1. The van der Waals surface area contributed by atoms with Crippen LogP contribution in [-0.4, -0.2) is 66.4 Å². The van der Waals surface area contributed by atoms with Crippen molar-refractivity contribution in [2.45, 2.75) is 71.1 Å². The molecule has 206 valence electrons. The Hall–Kier alpha value is -3.46. The van der Waals surface area contributed by atoms with Gasteiger partial charge in [-0.3, -0.25) is 19.2 Å². The molecule has 0 bridgehead atoms. The van der Waals surface area contributed by atoms with Crippen molar-refractivity contribution in [1.29, 1.82) is 0 Å². The lowest BCUT2D eigenvalue weighted by molar-refractivity contribution is -0.146. The third kappa shape index (κ3) is 7.54. The van der Waals surface area contributed by atoms with Gasteiger partial charge in [0.25, 0.3) is 0 Å². The minimum Gasteiger partial charge on any atom is -0.459 e. The number of rotatable bonds is 12. The minimum absolute atomic E-state index is 0.00431. The zero-order valence-corrected chi connectivity index (χ0v) is 22.6. The van der Waals surface area contributed by atoms with Crippen LogP contribution in [0.2, 0.25) is 0 Å². The molecule has 3 rings (SSSR count). The number of hydrogen-bond donors (Lipinski definition) is 3. The minimum atomic E-state index is -0.884. The number of carbonyl (C=O) groups is 4. The van der Waals surface area contributed by atoms with E-state index in [-0.39, 0.29) is 37.2 Å². The Bertz CT molecular complexity index is 1130. The smallest absolute Gasteiger partial charge is 0.303 e. The molecule has 1 aliphatic heterocycles. The molecule has 1 saturated heterocycles. The summed E-state index contributed by atoms with van der Waals surface area (Å²) in [6.07, 6.45) is 2.33. The Morgan fingerprint density at radius 3 is 2.45 bits per heavy atom. The van der Waals surface area contributed by atoms with Gasteiger partial charge in [-0.15, -0.1) is 0 Å². The summed E-state index contributed by atoms with van der Waals surface area (Å²) in [5, 5.41) is 7.80. The number of hydrogen-bond acceptors (Lipinski definition) is 6. The summed E-state index contributed by atoms with van der Waals surface area (Å²) in [6.45, 7) is 5.86. The van der Waals surface area contributed by atoms with Crippen LogP contribution in [0.4, 0.5) is 0 Å². The van der Waals surface area contributed by atoms with Gasteiger partial charge in [0.05, 0.1) is 6.54 Å². The highest BCUT2D eigenvalue weighted by atomic mass is 16.5. The summed E-state index contributed by atoms with van der Waals surface area (Å²) in [4.78, 5) is 52.8. The number of fused-ring (bicyclic) bond motifs is 1. The number of ether oxygens (including phenoxy) is 1. The molecule has 2 aromatic carbocycles. The molecule has 1 heterocycles. The maximum Gasteiger partial charge on any atom is 0.303 e. The number of likely N-dealkylation sites (tertiary alicyclic amines) is 1. The van der Waals surface area contributed by atoms with E-state index in [9.17, 15) is 19.2 Å². The van der Waals surface area contributed by atoms with Crippen molar-refractivity contribution in [1.82, 2.24) is 15.5 Å². The van der Waals surface area contributed by atoms with Crippen LogP contribution >= 0.6 is 0 Å². The van der Waals surface area contributed by atoms with E-state index in [1.807, 2.05) is 56.3 Å². The van der Waals surface area contributed by atoms with Crippen LogP contribution in [0, 0.1) is 5.92 Å². The second kappa shape index (κ2) is 13.9. The summed E-state index contributed by atoms with van der Waals surface area (Å²) >= 11 is 0. The maximum atomic E-state index is 13.4. The molecule has 0 saturated carbocycles. The van der Waals surface area contributed by atoms with E-state index in [1.54, 1.807) is 4.90 Å². The van der Waals surface area contributed by atoms with Crippen molar-refractivity contribution in [3.63, 3.8) is 0 Å². The molecule has 1 fully saturated rings. The van der Waals surface area contributed by atoms with Crippen LogP contribution in [-0.2, 0) is 30.3 Å². The van der Waals surface area contributed by atoms with Gasteiger partial charge in [0.2, 0.25) is 17.7 Å². The van der Waals surface area contributed by atoms with E-state index in [4.69, 9.17) is 10.5 Å². The Balaban J connectivity index is 1.78. The summed E-state index contributed by atoms with van der Waals surface area (Å²) in [5.41, 5.74) is 6.56. The van der Waals surface area contributed by atoms with Crippen molar-refractivity contribution in [2.24, 2.45) is 11.7 Å². The summed E-state index contributed by atoms with van der Waals surface area (Å²) in [5.74, 6) is -1.35. The fraction of sp³-hybridized carbons (Fsp3) is 0.517. The zero-order valence-electron chi connectivity index (χ0n) is 22.6. The summed E-state index contributed by atoms with van der Waals surface area (Å²) in [6, 6.07) is 12.4. The number of carbonyl (C=O) groups excluding carboxylic acids is 4. The molecule has 0 aliphatic carbocycles. The Morgan fingerprint density at radius 2 is 1.79 bits per heavy atom. The standard InChI is InChI=1S/C29H40N4O5/c1-4-21(5-2)29(37)33-14-8-11-26(33)28(36)32-25(27(35)31-18-24(17-30)38-19(3)34)16-20-12-13-22-9-6-7-10-23(22)15-20/h6-7,9-10,12-13,15,21,24-26H,4-5,8,11,14,16-18,30H2,1-3H3,(H,31,35)(H,32,36)/t24?,25-,26+/m1/s1. The molecule has 9 nitrogen and oxygen atoms in total. The fourth-order valence-corrected chi connectivity index (χ4v) is 5.00. The van der Waals surface area contributed by atoms with Crippen LogP contribution in [0.15, 0.2) is 42.5 Å². The first-order chi connectivity index (χ1) is 18.3. The first-order valence-corrected chi connectivity index (χ1v) is 13.5. The second-order valence-corrected chi connectivity index (χ2v) is 9.86. The number of nitrogens with two attached hydrogens (primary N) is 1. The Kier molecular flexibility index (Phi) is 10.6. The molecule has 3 amide bonds. The largest absolute Gasteiger partial charge is 0.459 e. The normalized spacial score (nSPS) is 16.8. The van der Waals surface area contributed by atoms with Crippen LogP contribution < -0.4 is 16.4 Å². The maximum absolute atomic E-state index is 13.4. The van der Waals surface area contributed by atoms with E-state index in [1.165, 1.54) is 6.92 Å². The van der Waals surface area contributed by atoms with Gasteiger partial charge in [-0.05, 0) is 42.0 Å². The lowest BCUT2D eigenvalue weighted by Crippen LogP contribution is -2.55. The van der Waals surface area contributed by atoms with Gasteiger partial charge >= 0.3 is 5.97 Å². The predicted molar refractivity (Wildman–Crippen MR) is 146 cm³/mol. The molecule has 1 aliphatic rings. The van der Waals surface area contributed by atoms with Gasteiger partial charge in [-0.2, -0.15) is 0 Å². The monoisotopic (exact) mass is 524 g/mol. The molecule has 0 radical (unpaired) electrons. The van der Waals surface area contributed by atoms with E-state index in [0.717, 1.165) is 35.6 Å². The third-order valence-corrected chi connectivity index (χ3v) is 7.16. The molecule has 2 aromatic rings. The number of nitrogens with one attached hydrogen (secondary N) is 2. The lowest BCUT2D eigenvalue weighted by atomic mass is 10.00. The van der Waals surface area contributed by atoms with E-state index in [2.05, 4.69) is 10.6 Å². The highest BCUT2D eigenvalue weighted by Crippen LogP contribution is 2.23. The van der Waals surface area contributed by atoms with Crippen molar-refractivity contribution < 1.29 is 23.9 Å². The van der Waals surface area contributed by atoms with E-state index < -0.39 is 30.1 Å². The second-order valence-electron chi connectivity index (χ2n) is 9.86. The van der Waals surface area contributed by atoms with Gasteiger partial charge in [0.15, 0.2) is 0 Å². The van der Waals surface area contributed by atoms with Crippen LogP contribution in [0.25, 0.3) is 10.8 Å². The number of amides is 3. The van der Waals surface area contributed by atoms with Crippen molar-refractivity contribution in [3.05, 3.63) is 48.0 Å². The highest BCUT2D eigenvalue weighted by molar-refractivity contribution is 5.93. The molecular weight excluding hydrogens is 484 g/mol. The first kappa shape index (κ1) is 29.1. The molecule has 38 heavy (non-hydrogen) atoms. The van der Waals surface area contributed by atoms with E-state index in [0.29, 0.717) is 13.0 Å². The predicted octanol–water partition coefficient (Wildman–Crippen LogP) is 2.30. The summed E-state index contributed by atoms with van der Waals surface area (Å²) in [7, 11) is 0. The lowest BCUT2D eigenvalue weighted by Gasteiger charge is -2.29. The van der Waals surface area contributed by atoms with Crippen LogP contribution in [0.5, 0.6) is 0 Å². The number of benzene rings is 2. The van der Waals surface area contributed by atoms with Gasteiger partial charge in [-0.25, -0.2) is 0 Å². The Morgan fingerprint density at radius 1 is 1.08 bits per heavy atom. The molecule has 1 unspecified atom stereocenters. The summed E-state index contributed by atoms with van der Waals surface area (Å²) < 4.78 is 5.13. The topological polar surface area (TPSA) is 131 Å². The molecule has 3 atom stereocenters. The first-order valence-electron chi connectivity index (χ1n) is 13.5. The SMILES string of the molecule is CCC(CC)C(=O)N1CCC[C@H]1C(=O)N[C@H](Cc1ccc2ccccc2c1)C(=O)NCC(CN)OC(C)=O. The fourth-order valence-electron chi connectivity index (χ4n) is 5.00. The molecule has 4 N–H and O–H groups in total. The highest BCUT2D eigenvalue weighted by Gasteiger charge is 2.37. The van der Waals surface area contributed by atoms with Gasteiger partial charge in [0, 0.05) is 32.4 Å². The van der Waals surface area contributed by atoms with Gasteiger partial charge in [-0.1, -0.05) is 56.3 Å². The van der Waals surface area contributed by atoms with Crippen molar-refractivity contribution in [2.75, 3.05) is 19.6 Å². The third-order valence-electron chi connectivity index (χ3n) is 7.16. The van der Waals surface area contributed by atoms with Gasteiger partial charge < -0.3 is 26.0 Å².